The van der Waals surface area contributed by atoms with E-state index in [9.17, 15) is 0 Å². The standard InChI is InChI=1S/C11H14BrNO2S/c12-8-1-2-10(13)11(5-8)16-6-9-3-4-14-7-15-9/h1-2,5,9H,3-4,6-7,13H2. The molecular formula is C11H14BrNO2S. The maximum Gasteiger partial charge on any atom is 0.147 e. The van der Waals surface area contributed by atoms with Crippen molar-refractivity contribution in [2.45, 2.75) is 17.4 Å². The number of thioether (sulfide) groups is 1. The number of nitrogen functional groups attached to an aromatic ring is 1. The molecule has 16 heavy (non-hydrogen) atoms. The zero-order chi connectivity index (χ0) is 11.4. The Labute approximate surface area is 108 Å². The fourth-order valence-electron chi connectivity index (χ4n) is 1.45. The summed E-state index contributed by atoms with van der Waals surface area (Å²) in [5, 5.41) is 0. The summed E-state index contributed by atoms with van der Waals surface area (Å²) >= 11 is 5.17. The smallest absolute Gasteiger partial charge is 0.147 e. The second-order valence-electron chi connectivity index (χ2n) is 3.60. The fourth-order valence-corrected chi connectivity index (χ4v) is 3.03. The highest BCUT2D eigenvalue weighted by Gasteiger charge is 2.14. The minimum Gasteiger partial charge on any atom is -0.398 e. The van der Waals surface area contributed by atoms with E-state index in [1.165, 1.54) is 0 Å². The summed E-state index contributed by atoms with van der Waals surface area (Å²) in [6.45, 7) is 1.21. The third kappa shape index (κ3) is 3.38. The molecule has 3 nitrogen and oxygen atoms in total. The van der Waals surface area contributed by atoms with Gasteiger partial charge in [-0.2, -0.15) is 0 Å². The molecule has 1 aliphatic heterocycles. The van der Waals surface area contributed by atoms with E-state index < -0.39 is 0 Å². The van der Waals surface area contributed by atoms with Gasteiger partial charge in [-0.3, -0.25) is 0 Å². The SMILES string of the molecule is Nc1ccc(Br)cc1SCC1CCOCO1. The molecule has 5 heteroatoms. The van der Waals surface area contributed by atoms with E-state index in [4.69, 9.17) is 15.2 Å². The van der Waals surface area contributed by atoms with Crippen molar-refractivity contribution in [3.63, 3.8) is 0 Å². The summed E-state index contributed by atoms with van der Waals surface area (Å²) in [6.07, 6.45) is 1.23. The van der Waals surface area contributed by atoms with E-state index in [2.05, 4.69) is 15.9 Å². The highest BCUT2D eigenvalue weighted by Crippen LogP contribution is 2.29. The van der Waals surface area contributed by atoms with E-state index in [1.54, 1.807) is 11.8 Å². The number of halogens is 1. The van der Waals surface area contributed by atoms with Crippen molar-refractivity contribution in [2.75, 3.05) is 24.9 Å². The lowest BCUT2D eigenvalue weighted by atomic mass is 10.3. The number of hydrogen-bond donors (Lipinski definition) is 1. The molecule has 1 unspecified atom stereocenters. The van der Waals surface area contributed by atoms with Crippen LogP contribution in [0.5, 0.6) is 0 Å². The molecule has 1 fully saturated rings. The summed E-state index contributed by atoms with van der Waals surface area (Å²) in [7, 11) is 0. The largest absolute Gasteiger partial charge is 0.398 e. The van der Waals surface area contributed by atoms with Crippen molar-refractivity contribution in [3.05, 3.63) is 22.7 Å². The zero-order valence-electron chi connectivity index (χ0n) is 8.82. The summed E-state index contributed by atoms with van der Waals surface area (Å²) in [5.41, 5.74) is 6.72. The maximum atomic E-state index is 5.90. The molecule has 0 spiro atoms. The topological polar surface area (TPSA) is 44.5 Å². The van der Waals surface area contributed by atoms with Crippen molar-refractivity contribution in [1.82, 2.24) is 0 Å². The first kappa shape index (κ1) is 12.2. The number of hydrogen-bond acceptors (Lipinski definition) is 4. The van der Waals surface area contributed by atoms with Crippen molar-refractivity contribution < 1.29 is 9.47 Å². The van der Waals surface area contributed by atoms with Gasteiger partial charge in [-0.25, -0.2) is 0 Å². The van der Waals surface area contributed by atoms with Crippen LogP contribution in [0.3, 0.4) is 0 Å². The first-order valence-electron chi connectivity index (χ1n) is 5.13. The minimum atomic E-state index is 0.275. The molecule has 0 saturated carbocycles. The van der Waals surface area contributed by atoms with Crippen molar-refractivity contribution >= 4 is 33.4 Å². The third-order valence-electron chi connectivity index (χ3n) is 2.37. The Morgan fingerprint density at radius 2 is 2.38 bits per heavy atom. The first-order valence-corrected chi connectivity index (χ1v) is 6.91. The van der Waals surface area contributed by atoms with Gasteiger partial charge in [0.05, 0.1) is 12.7 Å². The maximum absolute atomic E-state index is 5.90. The first-order chi connectivity index (χ1) is 7.75. The normalized spacial score (nSPS) is 20.9. The molecule has 0 radical (unpaired) electrons. The Hall–Kier alpha value is -0.230. The average molecular weight is 304 g/mol. The molecule has 1 atom stereocenters. The minimum absolute atomic E-state index is 0.275. The molecule has 1 aromatic carbocycles. The third-order valence-corrected chi connectivity index (χ3v) is 4.07. The summed E-state index contributed by atoms with van der Waals surface area (Å²) in [5.74, 6) is 0.921. The number of benzene rings is 1. The van der Waals surface area contributed by atoms with Crippen molar-refractivity contribution in [1.29, 1.82) is 0 Å². The van der Waals surface area contributed by atoms with Crippen LogP contribution in [0.4, 0.5) is 5.69 Å². The highest BCUT2D eigenvalue weighted by molar-refractivity contribution is 9.10. The van der Waals surface area contributed by atoms with Crippen LogP contribution in [0.15, 0.2) is 27.6 Å². The van der Waals surface area contributed by atoms with E-state index in [0.29, 0.717) is 6.79 Å². The van der Waals surface area contributed by atoms with Crippen LogP contribution in [0.1, 0.15) is 6.42 Å². The summed E-state index contributed by atoms with van der Waals surface area (Å²) < 4.78 is 11.7. The lowest BCUT2D eigenvalue weighted by molar-refractivity contribution is -0.130. The molecule has 0 aliphatic carbocycles. The molecule has 1 heterocycles. The molecular weight excluding hydrogens is 290 g/mol. The molecule has 2 N–H and O–H groups in total. The summed E-state index contributed by atoms with van der Waals surface area (Å²) in [4.78, 5) is 1.10. The van der Waals surface area contributed by atoms with Crippen LogP contribution in [0, 0.1) is 0 Å². The molecule has 88 valence electrons. The number of anilines is 1. The van der Waals surface area contributed by atoms with Gasteiger partial charge in [-0.1, -0.05) is 15.9 Å². The van der Waals surface area contributed by atoms with E-state index in [-0.39, 0.29) is 6.10 Å². The van der Waals surface area contributed by atoms with Gasteiger partial charge in [0.1, 0.15) is 6.79 Å². The molecule has 2 rings (SSSR count). The van der Waals surface area contributed by atoms with E-state index in [0.717, 1.165) is 33.8 Å². The average Bonchev–Trinajstić information content (AvgIpc) is 2.32. The monoisotopic (exact) mass is 303 g/mol. The van der Waals surface area contributed by atoms with Crippen LogP contribution >= 0.6 is 27.7 Å². The van der Waals surface area contributed by atoms with E-state index in [1.807, 2.05) is 18.2 Å². The molecule has 1 aromatic rings. The summed E-state index contributed by atoms with van der Waals surface area (Å²) in [6, 6.07) is 5.90. The Kier molecular flexibility index (Phi) is 4.52. The van der Waals surface area contributed by atoms with Gasteiger partial charge in [-0.05, 0) is 24.6 Å². The van der Waals surface area contributed by atoms with Crippen LogP contribution < -0.4 is 5.73 Å². The number of ether oxygens (including phenoxy) is 2. The lowest BCUT2D eigenvalue weighted by Crippen LogP contribution is -2.25. The molecule has 0 aromatic heterocycles. The molecule has 1 aliphatic rings. The van der Waals surface area contributed by atoms with Crippen LogP contribution in [0.2, 0.25) is 0 Å². The van der Waals surface area contributed by atoms with Crippen LogP contribution in [0.25, 0.3) is 0 Å². The van der Waals surface area contributed by atoms with Gasteiger partial charge in [0.15, 0.2) is 0 Å². The predicted molar refractivity (Wildman–Crippen MR) is 69.6 cm³/mol. The Bertz CT molecular complexity index is 356. The second-order valence-corrected chi connectivity index (χ2v) is 5.57. The van der Waals surface area contributed by atoms with Crippen LogP contribution in [-0.2, 0) is 9.47 Å². The number of rotatable bonds is 3. The van der Waals surface area contributed by atoms with Gasteiger partial charge in [0.2, 0.25) is 0 Å². The Morgan fingerprint density at radius 1 is 1.50 bits per heavy atom. The van der Waals surface area contributed by atoms with Gasteiger partial charge in [0, 0.05) is 20.8 Å². The fraction of sp³-hybridized carbons (Fsp3) is 0.455. The quantitative estimate of drug-likeness (QED) is 0.689. The second kappa shape index (κ2) is 5.91. The molecule has 0 amide bonds. The molecule has 1 saturated heterocycles. The van der Waals surface area contributed by atoms with Crippen molar-refractivity contribution in [2.24, 2.45) is 0 Å². The number of nitrogens with two attached hydrogens (primary N) is 1. The van der Waals surface area contributed by atoms with Gasteiger partial charge in [-0.15, -0.1) is 11.8 Å². The van der Waals surface area contributed by atoms with Gasteiger partial charge >= 0.3 is 0 Å². The van der Waals surface area contributed by atoms with Crippen molar-refractivity contribution in [3.8, 4) is 0 Å². The molecule has 0 bridgehead atoms. The lowest BCUT2D eigenvalue weighted by Gasteiger charge is -2.22. The van der Waals surface area contributed by atoms with Gasteiger partial charge in [0.25, 0.3) is 0 Å². The van der Waals surface area contributed by atoms with E-state index >= 15 is 0 Å². The Morgan fingerprint density at radius 3 is 3.12 bits per heavy atom. The zero-order valence-corrected chi connectivity index (χ0v) is 11.2. The Balaban J connectivity index is 1.90. The van der Waals surface area contributed by atoms with Crippen LogP contribution in [-0.4, -0.2) is 25.3 Å². The van der Waals surface area contributed by atoms with Gasteiger partial charge < -0.3 is 15.2 Å². The highest BCUT2D eigenvalue weighted by atomic mass is 79.9. The predicted octanol–water partition coefficient (Wildman–Crippen LogP) is 2.89.